The maximum Gasteiger partial charge on any atom is 0.416 e. The van der Waals surface area contributed by atoms with Crippen LogP contribution in [0.4, 0.5) is 18.0 Å². The number of carbonyl (C=O) groups excluding carboxylic acids is 3. The number of urea groups is 1. The van der Waals surface area contributed by atoms with Gasteiger partial charge in [0.25, 0.3) is 5.91 Å². The van der Waals surface area contributed by atoms with Gasteiger partial charge in [-0.05, 0) is 36.3 Å². The Labute approximate surface area is 170 Å². The number of carbonyl (C=O) groups is 3. The molecule has 0 aliphatic heterocycles. The van der Waals surface area contributed by atoms with Crippen LogP contribution in [0.25, 0.3) is 6.08 Å². The summed E-state index contributed by atoms with van der Waals surface area (Å²) in [5.74, 6) is -1.79. The minimum Gasteiger partial charge on any atom is -0.449 e. The zero-order chi connectivity index (χ0) is 22.1. The topological polar surface area (TPSA) is 84.5 Å². The number of amides is 3. The fraction of sp³-hybridized carbons (Fsp3) is 0.190. The Morgan fingerprint density at radius 1 is 1.07 bits per heavy atom. The second kappa shape index (κ2) is 10.2. The van der Waals surface area contributed by atoms with Crippen LogP contribution >= 0.6 is 0 Å². The summed E-state index contributed by atoms with van der Waals surface area (Å²) in [4.78, 5) is 35.5. The Bertz CT molecular complexity index is 927. The van der Waals surface area contributed by atoms with E-state index in [1.807, 2.05) is 11.4 Å². The molecule has 0 aromatic heterocycles. The highest BCUT2D eigenvalue weighted by Crippen LogP contribution is 2.29. The highest BCUT2D eigenvalue weighted by molar-refractivity contribution is 5.98. The molecule has 2 N–H and O–H groups in total. The van der Waals surface area contributed by atoms with E-state index in [0.29, 0.717) is 0 Å². The molecule has 0 aliphatic carbocycles. The van der Waals surface area contributed by atoms with Crippen LogP contribution in [0.1, 0.15) is 23.6 Å². The lowest BCUT2D eigenvalue weighted by Crippen LogP contribution is -2.44. The Morgan fingerprint density at radius 2 is 1.77 bits per heavy atom. The second-order valence-electron chi connectivity index (χ2n) is 6.19. The van der Waals surface area contributed by atoms with Crippen molar-refractivity contribution >= 4 is 24.0 Å². The third-order valence-corrected chi connectivity index (χ3v) is 3.82. The van der Waals surface area contributed by atoms with Crippen LogP contribution in [0.15, 0.2) is 60.7 Å². The van der Waals surface area contributed by atoms with Gasteiger partial charge in [-0.2, -0.15) is 13.2 Å². The van der Waals surface area contributed by atoms with E-state index in [0.717, 1.165) is 29.8 Å². The Balaban J connectivity index is 1.82. The second-order valence-corrected chi connectivity index (χ2v) is 6.19. The molecule has 0 radical (unpaired) electrons. The molecule has 0 bridgehead atoms. The lowest BCUT2D eigenvalue weighted by atomic mass is 10.1. The van der Waals surface area contributed by atoms with Crippen molar-refractivity contribution in [3.05, 3.63) is 77.4 Å². The Hall–Kier alpha value is -3.62. The van der Waals surface area contributed by atoms with Gasteiger partial charge in [-0.25, -0.2) is 9.59 Å². The molecule has 0 spiro atoms. The van der Waals surface area contributed by atoms with E-state index in [1.54, 1.807) is 24.3 Å². The fourth-order valence-electron chi connectivity index (χ4n) is 2.29. The van der Waals surface area contributed by atoms with Crippen molar-refractivity contribution in [1.29, 1.82) is 0 Å². The minimum absolute atomic E-state index is 0.138. The molecule has 6 nitrogen and oxygen atoms in total. The molecule has 2 aromatic carbocycles. The SMILES string of the molecule is CC(OC(=O)/C=C/c1cccc(C(F)(F)F)c1)C(=O)NC(=O)NCc1ccccc1. The standard InChI is InChI=1S/C21H19F3N2O4/c1-14(19(28)26-20(29)25-13-16-6-3-2-4-7-16)30-18(27)11-10-15-8-5-9-17(12-15)21(22,23)24/h2-12,14H,13H2,1H3,(H2,25,26,28,29)/b11-10+. The lowest BCUT2D eigenvalue weighted by molar-refractivity contribution is -0.149. The van der Waals surface area contributed by atoms with Gasteiger partial charge >= 0.3 is 18.2 Å². The molecular formula is C21H19F3N2O4. The van der Waals surface area contributed by atoms with Gasteiger partial charge in [-0.15, -0.1) is 0 Å². The molecule has 0 saturated heterocycles. The van der Waals surface area contributed by atoms with E-state index in [2.05, 4.69) is 5.32 Å². The lowest BCUT2D eigenvalue weighted by Gasteiger charge is -2.12. The normalized spacial score (nSPS) is 12.3. The van der Waals surface area contributed by atoms with Gasteiger partial charge in [-0.1, -0.05) is 42.5 Å². The van der Waals surface area contributed by atoms with Gasteiger partial charge < -0.3 is 10.1 Å². The smallest absolute Gasteiger partial charge is 0.416 e. The summed E-state index contributed by atoms with van der Waals surface area (Å²) in [5, 5.41) is 4.52. The summed E-state index contributed by atoms with van der Waals surface area (Å²) in [7, 11) is 0. The predicted octanol–water partition coefficient (Wildman–Crippen LogP) is 3.68. The van der Waals surface area contributed by atoms with Gasteiger partial charge in [-0.3, -0.25) is 10.1 Å². The number of esters is 1. The van der Waals surface area contributed by atoms with Crippen molar-refractivity contribution in [3.8, 4) is 0 Å². The van der Waals surface area contributed by atoms with Crippen molar-refractivity contribution in [3.63, 3.8) is 0 Å². The number of halogens is 3. The first-order valence-corrected chi connectivity index (χ1v) is 8.84. The van der Waals surface area contributed by atoms with Crippen LogP contribution in [0.3, 0.4) is 0 Å². The molecule has 3 amide bonds. The van der Waals surface area contributed by atoms with E-state index in [9.17, 15) is 27.6 Å². The maximum atomic E-state index is 12.7. The number of rotatable bonds is 6. The van der Waals surface area contributed by atoms with E-state index < -0.39 is 35.8 Å². The quantitative estimate of drug-likeness (QED) is 0.552. The zero-order valence-corrected chi connectivity index (χ0v) is 15.9. The number of ether oxygens (including phenoxy) is 1. The molecule has 1 atom stereocenters. The molecule has 30 heavy (non-hydrogen) atoms. The third-order valence-electron chi connectivity index (χ3n) is 3.82. The van der Waals surface area contributed by atoms with E-state index in [4.69, 9.17) is 4.74 Å². The van der Waals surface area contributed by atoms with Crippen molar-refractivity contribution in [2.45, 2.75) is 25.7 Å². The van der Waals surface area contributed by atoms with Gasteiger partial charge in [0.2, 0.25) is 0 Å². The molecule has 0 heterocycles. The number of hydrogen-bond acceptors (Lipinski definition) is 4. The van der Waals surface area contributed by atoms with Gasteiger partial charge in [0.05, 0.1) is 5.56 Å². The fourth-order valence-corrected chi connectivity index (χ4v) is 2.29. The summed E-state index contributed by atoms with van der Waals surface area (Å²) < 4.78 is 42.9. The molecule has 0 fully saturated rings. The molecule has 9 heteroatoms. The Kier molecular flexibility index (Phi) is 7.74. The first kappa shape index (κ1) is 22.7. The molecule has 2 aromatic rings. The van der Waals surface area contributed by atoms with Crippen molar-refractivity contribution in [2.75, 3.05) is 0 Å². The molecule has 1 unspecified atom stereocenters. The molecule has 158 valence electrons. The van der Waals surface area contributed by atoms with Crippen LogP contribution in [-0.4, -0.2) is 24.0 Å². The summed E-state index contributed by atoms with van der Waals surface area (Å²) in [6.45, 7) is 1.46. The van der Waals surface area contributed by atoms with E-state index >= 15 is 0 Å². The highest BCUT2D eigenvalue weighted by atomic mass is 19.4. The van der Waals surface area contributed by atoms with Gasteiger partial charge in [0, 0.05) is 12.6 Å². The van der Waals surface area contributed by atoms with Crippen LogP contribution in [0.2, 0.25) is 0 Å². The van der Waals surface area contributed by atoms with Gasteiger partial charge in [0.1, 0.15) is 0 Å². The molecule has 0 saturated carbocycles. The van der Waals surface area contributed by atoms with E-state index in [-0.39, 0.29) is 12.1 Å². The molecule has 2 rings (SSSR count). The predicted molar refractivity (Wildman–Crippen MR) is 103 cm³/mol. The van der Waals surface area contributed by atoms with Gasteiger partial charge in [0.15, 0.2) is 6.10 Å². The van der Waals surface area contributed by atoms with Crippen molar-refractivity contribution in [2.24, 2.45) is 0 Å². The molecule has 0 aliphatic rings. The first-order chi connectivity index (χ1) is 14.1. The first-order valence-electron chi connectivity index (χ1n) is 8.84. The van der Waals surface area contributed by atoms with E-state index in [1.165, 1.54) is 19.1 Å². The number of hydrogen-bond donors (Lipinski definition) is 2. The van der Waals surface area contributed by atoms with Crippen LogP contribution in [-0.2, 0) is 27.0 Å². The molecular weight excluding hydrogens is 401 g/mol. The zero-order valence-electron chi connectivity index (χ0n) is 15.9. The highest BCUT2D eigenvalue weighted by Gasteiger charge is 2.30. The summed E-state index contributed by atoms with van der Waals surface area (Å²) >= 11 is 0. The number of alkyl halides is 3. The number of imide groups is 1. The number of benzene rings is 2. The average Bonchev–Trinajstić information content (AvgIpc) is 2.71. The minimum atomic E-state index is -4.50. The van der Waals surface area contributed by atoms with Crippen LogP contribution in [0, 0.1) is 0 Å². The van der Waals surface area contributed by atoms with Crippen molar-refractivity contribution in [1.82, 2.24) is 10.6 Å². The third kappa shape index (κ3) is 7.42. The summed E-state index contributed by atoms with van der Waals surface area (Å²) in [5.41, 5.74) is 0.116. The summed E-state index contributed by atoms with van der Waals surface area (Å²) in [6.07, 6.45) is -3.76. The van der Waals surface area contributed by atoms with Crippen LogP contribution in [0.5, 0.6) is 0 Å². The van der Waals surface area contributed by atoms with Crippen molar-refractivity contribution < 1.29 is 32.3 Å². The van der Waals surface area contributed by atoms with Crippen LogP contribution < -0.4 is 10.6 Å². The maximum absolute atomic E-state index is 12.7. The largest absolute Gasteiger partial charge is 0.449 e. The monoisotopic (exact) mass is 420 g/mol. The average molecular weight is 420 g/mol. The summed E-state index contributed by atoms with van der Waals surface area (Å²) in [6, 6.07) is 12.6. The number of nitrogens with one attached hydrogen (secondary N) is 2. The Morgan fingerprint density at radius 3 is 2.43 bits per heavy atom.